The Labute approximate surface area is 80.5 Å². The molecule has 1 N–H and O–H groups in total. The second kappa shape index (κ2) is 3.99. The van der Waals surface area contributed by atoms with Crippen molar-refractivity contribution in [3.05, 3.63) is 0 Å². The first-order valence-corrected chi connectivity index (χ1v) is 5.08. The van der Waals surface area contributed by atoms with Gasteiger partial charge >= 0.3 is 6.03 Å². The van der Waals surface area contributed by atoms with E-state index >= 15 is 0 Å². The number of urea groups is 1. The summed E-state index contributed by atoms with van der Waals surface area (Å²) in [6.45, 7) is 9.28. The van der Waals surface area contributed by atoms with E-state index in [0.717, 1.165) is 26.1 Å². The largest absolute Gasteiger partial charge is 0.336 e. The standard InChI is InChI=1S/C10H20N2O/c1-4-10(2,3)5-7-12-8-6-11-9(12)13/h4-8H2,1-3H3,(H,11,13). The zero-order valence-corrected chi connectivity index (χ0v) is 8.89. The van der Waals surface area contributed by atoms with Gasteiger partial charge in [-0.15, -0.1) is 0 Å². The maximum absolute atomic E-state index is 11.2. The minimum atomic E-state index is 0.104. The van der Waals surface area contributed by atoms with E-state index in [2.05, 4.69) is 26.1 Å². The molecule has 0 aromatic heterocycles. The smallest absolute Gasteiger partial charge is 0.317 e. The Balaban J connectivity index is 2.29. The molecule has 76 valence electrons. The van der Waals surface area contributed by atoms with Crippen molar-refractivity contribution in [2.45, 2.75) is 33.6 Å². The van der Waals surface area contributed by atoms with Crippen molar-refractivity contribution < 1.29 is 4.79 Å². The summed E-state index contributed by atoms with van der Waals surface area (Å²) in [6, 6.07) is 0.104. The predicted molar refractivity (Wildman–Crippen MR) is 53.7 cm³/mol. The summed E-state index contributed by atoms with van der Waals surface area (Å²) in [6.07, 6.45) is 2.26. The molecule has 0 saturated carbocycles. The lowest BCUT2D eigenvalue weighted by Gasteiger charge is -2.25. The summed E-state index contributed by atoms with van der Waals surface area (Å²) in [7, 11) is 0. The van der Waals surface area contributed by atoms with Crippen molar-refractivity contribution >= 4 is 6.03 Å². The van der Waals surface area contributed by atoms with Gasteiger partial charge < -0.3 is 10.2 Å². The fourth-order valence-electron chi connectivity index (χ4n) is 1.34. The van der Waals surface area contributed by atoms with Crippen LogP contribution in [-0.4, -0.2) is 30.6 Å². The van der Waals surface area contributed by atoms with Crippen molar-refractivity contribution in [3.63, 3.8) is 0 Å². The van der Waals surface area contributed by atoms with E-state index in [1.165, 1.54) is 6.42 Å². The lowest BCUT2D eigenvalue weighted by molar-refractivity contribution is 0.204. The van der Waals surface area contributed by atoms with Gasteiger partial charge in [0.05, 0.1) is 0 Å². The quantitative estimate of drug-likeness (QED) is 0.710. The zero-order chi connectivity index (χ0) is 9.90. The van der Waals surface area contributed by atoms with Crippen LogP contribution in [0.25, 0.3) is 0 Å². The molecule has 1 saturated heterocycles. The molecule has 3 heteroatoms. The van der Waals surface area contributed by atoms with Gasteiger partial charge in [-0.05, 0) is 11.8 Å². The third-order valence-electron chi connectivity index (χ3n) is 2.96. The summed E-state index contributed by atoms with van der Waals surface area (Å²) < 4.78 is 0. The van der Waals surface area contributed by atoms with E-state index < -0.39 is 0 Å². The molecule has 3 nitrogen and oxygen atoms in total. The van der Waals surface area contributed by atoms with Crippen LogP contribution in [0.15, 0.2) is 0 Å². The Morgan fingerprint density at radius 2 is 2.23 bits per heavy atom. The van der Waals surface area contributed by atoms with Crippen LogP contribution in [0.1, 0.15) is 33.6 Å². The molecule has 0 spiro atoms. The molecular formula is C10H20N2O. The van der Waals surface area contributed by atoms with Crippen molar-refractivity contribution in [2.75, 3.05) is 19.6 Å². The van der Waals surface area contributed by atoms with Gasteiger partial charge in [0, 0.05) is 19.6 Å². The lowest BCUT2D eigenvalue weighted by atomic mass is 9.86. The fraction of sp³-hybridized carbons (Fsp3) is 0.900. The molecule has 0 atom stereocenters. The van der Waals surface area contributed by atoms with Gasteiger partial charge in [-0.3, -0.25) is 0 Å². The minimum Gasteiger partial charge on any atom is -0.336 e. The molecule has 1 heterocycles. The normalized spacial score (nSPS) is 17.8. The van der Waals surface area contributed by atoms with Gasteiger partial charge in [0.15, 0.2) is 0 Å². The average molecular weight is 184 g/mol. The van der Waals surface area contributed by atoms with Crippen LogP contribution in [0.4, 0.5) is 4.79 Å². The van der Waals surface area contributed by atoms with Gasteiger partial charge in [0.1, 0.15) is 0 Å². The molecule has 1 fully saturated rings. The molecule has 13 heavy (non-hydrogen) atoms. The Bertz CT molecular complexity index is 189. The fourth-order valence-corrected chi connectivity index (χ4v) is 1.34. The maximum Gasteiger partial charge on any atom is 0.317 e. The third-order valence-corrected chi connectivity index (χ3v) is 2.96. The van der Waals surface area contributed by atoms with Crippen LogP contribution in [0, 0.1) is 5.41 Å². The molecule has 0 unspecified atom stereocenters. The number of nitrogens with one attached hydrogen (secondary N) is 1. The zero-order valence-electron chi connectivity index (χ0n) is 8.89. The molecule has 1 aliphatic rings. The van der Waals surface area contributed by atoms with Gasteiger partial charge in [-0.1, -0.05) is 27.2 Å². The highest BCUT2D eigenvalue weighted by atomic mass is 16.2. The van der Waals surface area contributed by atoms with E-state index in [1.807, 2.05) is 4.90 Å². The van der Waals surface area contributed by atoms with E-state index in [1.54, 1.807) is 0 Å². The molecule has 1 aliphatic heterocycles. The Hall–Kier alpha value is -0.730. The lowest BCUT2D eigenvalue weighted by Crippen LogP contribution is -2.31. The number of carbonyl (C=O) groups is 1. The number of hydrogen-bond acceptors (Lipinski definition) is 1. The SMILES string of the molecule is CCC(C)(C)CCN1CCNC1=O. The third kappa shape index (κ3) is 2.90. The Kier molecular flexibility index (Phi) is 3.17. The van der Waals surface area contributed by atoms with Gasteiger partial charge in [-0.2, -0.15) is 0 Å². The van der Waals surface area contributed by atoms with Crippen LogP contribution >= 0.6 is 0 Å². The first-order valence-electron chi connectivity index (χ1n) is 5.08. The summed E-state index contributed by atoms with van der Waals surface area (Å²) in [5.74, 6) is 0. The van der Waals surface area contributed by atoms with E-state index in [-0.39, 0.29) is 6.03 Å². The van der Waals surface area contributed by atoms with Crippen LogP contribution in [0.2, 0.25) is 0 Å². The van der Waals surface area contributed by atoms with Crippen molar-refractivity contribution in [1.82, 2.24) is 10.2 Å². The van der Waals surface area contributed by atoms with E-state index in [9.17, 15) is 4.79 Å². The second-order valence-electron chi connectivity index (χ2n) is 4.49. The highest BCUT2D eigenvalue weighted by Gasteiger charge is 2.22. The van der Waals surface area contributed by atoms with Crippen LogP contribution in [0.3, 0.4) is 0 Å². The first kappa shape index (κ1) is 10.4. The second-order valence-corrected chi connectivity index (χ2v) is 4.49. The van der Waals surface area contributed by atoms with Gasteiger partial charge in [0.25, 0.3) is 0 Å². The maximum atomic E-state index is 11.2. The molecule has 1 rings (SSSR count). The topological polar surface area (TPSA) is 32.3 Å². The van der Waals surface area contributed by atoms with E-state index in [0.29, 0.717) is 5.41 Å². The highest BCUT2D eigenvalue weighted by Crippen LogP contribution is 2.24. The van der Waals surface area contributed by atoms with Crippen molar-refractivity contribution in [2.24, 2.45) is 5.41 Å². The van der Waals surface area contributed by atoms with Gasteiger partial charge in [-0.25, -0.2) is 4.79 Å². The minimum absolute atomic E-state index is 0.104. The summed E-state index contributed by atoms with van der Waals surface area (Å²) in [4.78, 5) is 13.1. The number of nitrogens with zero attached hydrogens (tertiary/aromatic N) is 1. The van der Waals surface area contributed by atoms with Crippen molar-refractivity contribution in [3.8, 4) is 0 Å². The number of hydrogen-bond donors (Lipinski definition) is 1. The summed E-state index contributed by atoms with van der Waals surface area (Å²) in [5, 5.41) is 2.81. The van der Waals surface area contributed by atoms with Gasteiger partial charge in [0.2, 0.25) is 0 Å². The number of carbonyl (C=O) groups excluding carboxylic acids is 1. The molecule has 0 aromatic carbocycles. The molecule has 0 aliphatic carbocycles. The summed E-state index contributed by atoms with van der Waals surface area (Å²) in [5.41, 5.74) is 0.364. The van der Waals surface area contributed by atoms with Crippen LogP contribution in [-0.2, 0) is 0 Å². The molecular weight excluding hydrogens is 164 g/mol. The predicted octanol–water partition coefficient (Wildman–Crippen LogP) is 1.84. The monoisotopic (exact) mass is 184 g/mol. The van der Waals surface area contributed by atoms with Crippen molar-refractivity contribution in [1.29, 1.82) is 0 Å². The molecule has 0 bridgehead atoms. The molecule has 0 aromatic rings. The Morgan fingerprint density at radius 1 is 1.54 bits per heavy atom. The number of amides is 2. The summed E-state index contributed by atoms with van der Waals surface area (Å²) >= 11 is 0. The van der Waals surface area contributed by atoms with Crippen LogP contribution < -0.4 is 5.32 Å². The molecule has 2 amide bonds. The highest BCUT2D eigenvalue weighted by molar-refractivity contribution is 5.76. The van der Waals surface area contributed by atoms with Crippen LogP contribution in [0.5, 0.6) is 0 Å². The molecule has 0 radical (unpaired) electrons. The Morgan fingerprint density at radius 3 is 2.69 bits per heavy atom. The number of rotatable bonds is 4. The average Bonchev–Trinajstić information content (AvgIpc) is 2.48. The first-order chi connectivity index (χ1) is 6.05. The van der Waals surface area contributed by atoms with E-state index in [4.69, 9.17) is 0 Å².